The van der Waals surface area contributed by atoms with Crippen LogP contribution in [0.4, 0.5) is 0 Å². The van der Waals surface area contributed by atoms with Gasteiger partial charge in [-0.05, 0) is 18.2 Å². The van der Waals surface area contributed by atoms with Crippen molar-refractivity contribution in [2.24, 2.45) is 0 Å². The van der Waals surface area contributed by atoms with Gasteiger partial charge in [-0.2, -0.15) is 0 Å². The molecular formula is C23H16O4. The zero-order valence-corrected chi connectivity index (χ0v) is 14.6. The third kappa shape index (κ3) is 3.02. The molecule has 0 atom stereocenters. The van der Waals surface area contributed by atoms with Crippen molar-refractivity contribution in [2.45, 2.75) is 0 Å². The predicted octanol–water partition coefficient (Wildman–Crippen LogP) is 4.70. The second-order valence-electron chi connectivity index (χ2n) is 6.06. The van der Waals surface area contributed by atoms with Crippen LogP contribution in [0.1, 0.15) is 15.9 Å². The summed E-state index contributed by atoms with van der Waals surface area (Å²) < 4.78 is 11.2. The number of fused-ring (bicyclic) bond motifs is 1. The summed E-state index contributed by atoms with van der Waals surface area (Å²) in [6.07, 6.45) is 0. The van der Waals surface area contributed by atoms with Crippen molar-refractivity contribution in [3.63, 3.8) is 0 Å². The maximum absolute atomic E-state index is 13.3. The smallest absolute Gasteiger partial charge is 0.204 e. The highest BCUT2D eigenvalue weighted by Gasteiger charge is 2.23. The van der Waals surface area contributed by atoms with Crippen LogP contribution in [0, 0.1) is 0 Å². The molecule has 27 heavy (non-hydrogen) atoms. The van der Waals surface area contributed by atoms with Crippen molar-refractivity contribution in [1.82, 2.24) is 0 Å². The van der Waals surface area contributed by atoms with Gasteiger partial charge in [0.05, 0.1) is 12.5 Å². The predicted molar refractivity (Wildman–Crippen MR) is 104 cm³/mol. The van der Waals surface area contributed by atoms with Gasteiger partial charge in [-0.1, -0.05) is 60.7 Å². The minimum Gasteiger partial charge on any atom is -0.497 e. The Balaban J connectivity index is 2.05. The van der Waals surface area contributed by atoms with E-state index in [1.54, 1.807) is 42.5 Å². The van der Waals surface area contributed by atoms with Crippen LogP contribution in [0.2, 0.25) is 0 Å². The third-order valence-electron chi connectivity index (χ3n) is 4.40. The van der Waals surface area contributed by atoms with E-state index in [-0.39, 0.29) is 22.5 Å². The van der Waals surface area contributed by atoms with E-state index in [0.29, 0.717) is 27.8 Å². The van der Waals surface area contributed by atoms with E-state index >= 15 is 0 Å². The first-order valence-electron chi connectivity index (χ1n) is 8.49. The third-order valence-corrected chi connectivity index (χ3v) is 4.40. The maximum Gasteiger partial charge on any atom is 0.204 e. The Morgan fingerprint density at radius 2 is 1.56 bits per heavy atom. The molecule has 0 spiro atoms. The van der Waals surface area contributed by atoms with Crippen LogP contribution in [-0.4, -0.2) is 12.9 Å². The highest BCUT2D eigenvalue weighted by atomic mass is 16.5. The first-order chi connectivity index (χ1) is 13.2. The number of hydrogen-bond donors (Lipinski definition) is 0. The Kier molecular flexibility index (Phi) is 4.30. The number of rotatable bonds is 4. The quantitative estimate of drug-likeness (QED) is 0.497. The molecule has 0 aliphatic heterocycles. The fourth-order valence-electron chi connectivity index (χ4n) is 3.03. The van der Waals surface area contributed by atoms with E-state index < -0.39 is 0 Å². The Morgan fingerprint density at radius 1 is 0.889 bits per heavy atom. The lowest BCUT2D eigenvalue weighted by Gasteiger charge is -2.10. The molecule has 0 saturated carbocycles. The maximum atomic E-state index is 13.3. The highest BCUT2D eigenvalue weighted by molar-refractivity contribution is 6.13. The molecule has 0 bridgehead atoms. The summed E-state index contributed by atoms with van der Waals surface area (Å²) in [7, 11) is 1.52. The van der Waals surface area contributed by atoms with Crippen molar-refractivity contribution in [1.29, 1.82) is 0 Å². The van der Waals surface area contributed by atoms with Gasteiger partial charge in [0.25, 0.3) is 0 Å². The average molecular weight is 356 g/mol. The molecule has 4 heteroatoms. The van der Waals surface area contributed by atoms with Crippen LogP contribution in [0.15, 0.2) is 88.1 Å². The topological polar surface area (TPSA) is 56.5 Å². The molecular weight excluding hydrogens is 340 g/mol. The van der Waals surface area contributed by atoms with E-state index in [9.17, 15) is 9.59 Å². The van der Waals surface area contributed by atoms with E-state index in [1.165, 1.54) is 7.11 Å². The molecule has 0 saturated heterocycles. The molecule has 1 heterocycles. The zero-order valence-electron chi connectivity index (χ0n) is 14.6. The van der Waals surface area contributed by atoms with Crippen molar-refractivity contribution >= 4 is 16.8 Å². The van der Waals surface area contributed by atoms with Gasteiger partial charge in [0.1, 0.15) is 22.7 Å². The first-order valence-corrected chi connectivity index (χ1v) is 8.49. The Morgan fingerprint density at radius 3 is 2.22 bits per heavy atom. The lowest BCUT2D eigenvalue weighted by Crippen LogP contribution is -2.18. The SMILES string of the molecule is COc1ccc2oc(-c3ccccc3)c(C(=O)c3ccccc3)c(=O)c2c1. The second kappa shape index (κ2) is 6.92. The molecule has 0 fully saturated rings. The molecule has 0 aliphatic carbocycles. The number of carbonyl (C=O) groups excluding carboxylic acids is 1. The molecule has 0 radical (unpaired) electrons. The second-order valence-corrected chi connectivity index (χ2v) is 6.06. The summed E-state index contributed by atoms with van der Waals surface area (Å²) in [5.41, 5.74) is 1.16. The van der Waals surface area contributed by atoms with Gasteiger partial charge in [0, 0.05) is 11.1 Å². The molecule has 0 aliphatic rings. The molecule has 4 nitrogen and oxygen atoms in total. The minimum atomic E-state index is -0.372. The summed E-state index contributed by atoms with van der Waals surface area (Å²) in [6.45, 7) is 0. The van der Waals surface area contributed by atoms with Crippen LogP contribution >= 0.6 is 0 Å². The largest absolute Gasteiger partial charge is 0.497 e. The fraction of sp³-hybridized carbons (Fsp3) is 0.0435. The van der Waals surface area contributed by atoms with Crippen LogP contribution in [0.5, 0.6) is 5.75 Å². The van der Waals surface area contributed by atoms with Gasteiger partial charge < -0.3 is 9.15 Å². The summed E-state index contributed by atoms with van der Waals surface area (Å²) in [5.74, 6) is 0.431. The van der Waals surface area contributed by atoms with E-state index in [0.717, 1.165) is 0 Å². The molecule has 4 aromatic rings. The van der Waals surface area contributed by atoms with Crippen LogP contribution < -0.4 is 10.2 Å². The number of carbonyl (C=O) groups is 1. The van der Waals surface area contributed by atoms with E-state index in [4.69, 9.17) is 9.15 Å². The Bertz CT molecular complexity index is 1180. The normalized spacial score (nSPS) is 10.7. The van der Waals surface area contributed by atoms with Gasteiger partial charge in [0.2, 0.25) is 11.2 Å². The standard InChI is InChI=1S/C23H16O4/c1-26-17-12-13-19-18(14-17)22(25)20(21(24)15-8-4-2-5-9-15)23(27-19)16-10-6-3-7-11-16/h2-14H,1H3. The van der Waals surface area contributed by atoms with Crippen molar-refractivity contribution in [2.75, 3.05) is 7.11 Å². The molecule has 0 unspecified atom stereocenters. The van der Waals surface area contributed by atoms with Crippen molar-refractivity contribution < 1.29 is 13.9 Å². The summed E-state index contributed by atoms with van der Waals surface area (Å²) in [5, 5.41) is 0.313. The summed E-state index contributed by atoms with van der Waals surface area (Å²) in [6, 6.07) is 22.9. The first kappa shape index (κ1) is 16.8. The lowest BCUT2D eigenvalue weighted by molar-refractivity contribution is 0.103. The highest BCUT2D eigenvalue weighted by Crippen LogP contribution is 2.29. The van der Waals surface area contributed by atoms with Crippen molar-refractivity contribution in [3.05, 3.63) is 100 Å². The number of ketones is 1. The van der Waals surface area contributed by atoms with Gasteiger partial charge in [-0.15, -0.1) is 0 Å². The Labute approximate surface area is 155 Å². The zero-order chi connectivity index (χ0) is 18.8. The van der Waals surface area contributed by atoms with Crippen LogP contribution in [0.3, 0.4) is 0 Å². The number of hydrogen-bond acceptors (Lipinski definition) is 4. The lowest BCUT2D eigenvalue weighted by atomic mass is 9.97. The monoisotopic (exact) mass is 356 g/mol. The molecule has 4 rings (SSSR count). The number of methoxy groups -OCH3 is 1. The molecule has 132 valence electrons. The molecule has 0 N–H and O–H groups in total. The summed E-state index contributed by atoms with van der Waals surface area (Å²) >= 11 is 0. The number of ether oxygens (including phenoxy) is 1. The van der Waals surface area contributed by atoms with Crippen LogP contribution in [0.25, 0.3) is 22.3 Å². The van der Waals surface area contributed by atoms with Gasteiger partial charge in [-0.3, -0.25) is 9.59 Å². The summed E-state index contributed by atoms with van der Waals surface area (Å²) in [4.78, 5) is 26.4. The molecule has 1 aromatic heterocycles. The Hall–Kier alpha value is -3.66. The van der Waals surface area contributed by atoms with Gasteiger partial charge >= 0.3 is 0 Å². The number of benzene rings is 3. The fourth-order valence-corrected chi connectivity index (χ4v) is 3.03. The van der Waals surface area contributed by atoms with Gasteiger partial charge in [-0.25, -0.2) is 0 Å². The van der Waals surface area contributed by atoms with Crippen LogP contribution in [-0.2, 0) is 0 Å². The van der Waals surface area contributed by atoms with Crippen molar-refractivity contribution in [3.8, 4) is 17.1 Å². The minimum absolute atomic E-state index is 0.0214. The molecule has 3 aromatic carbocycles. The van der Waals surface area contributed by atoms with E-state index in [2.05, 4.69) is 0 Å². The molecule has 0 amide bonds. The van der Waals surface area contributed by atoms with Gasteiger partial charge in [0.15, 0.2) is 0 Å². The van der Waals surface area contributed by atoms with E-state index in [1.807, 2.05) is 36.4 Å². The average Bonchev–Trinajstić information content (AvgIpc) is 2.74.